The number of nitrogens with two attached hydrogens (primary N) is 1. The lowest BCUT2D eigenvalue weighted by Crippen LogP contribution is -2.49. The van der Waals surface area contributed by atoms with Crippen LogP contribution in [0.1, 0.15) is 35.8 Å². The quantitative estimate of drug-likeness (QED) is 0.857. The van der Waals surface area contributed by atoms with E-state index in [2.05, 4.69) is 22.4 Å². The maximum atomic E-state index is 12.9. The second kappa shape index (κ2) is 8.96. The molecule has 6 nitrogen and oxygen atoms in total. The molecule has 2 unspecified atom stereocenters. The number of hydrogen-bond acceptors (Lipinski definition) is 5. The average molecular weight is 376 g/mol. The van der Waals surface area contributed by atoms with Crippen LogP contribution in [0.4, 0.5) is 11.5 Å². The van der Waals surface area contributed by atoms with E-state index < -0.39 is 0 Å². The van der Waals surface area contributed by atoms with Crippen LogP contribution in [0.3, 0.4) is 0 Å². The SMILES string of the molecule is Cc1ccc(Nc2cccc(C(=O)N3CCC(C)CC3CN)c2)nn1.Cl. The minimum Gasteiger partial charge on any atom is -0.339 e. The zero-order valence-electron chi connectivity index (χ0n) is 15.2. The van der Waals surface area contributed by atoms with Gasteiger partial charge in [-0.05, 0) is 56.0 Å². The highest BCUT2D eigenvalue weighted by Gasteiger charge is 2.29. The Morgan fingerprint density at radius 1 is 1.31 bits per heavy atom. The highest BCUT2D eigenvalue weighted by atomic mass is 35.5. The van der Waals surface area contributed by atoms with Crippen molar-refractivity contribution in [2.75, 3.05) is 18.4 Å². The Labute approximate surface area is 160 Å². The molecule has 0 saturated carbocycles. The highest BCUT2D eigenvalue weighted by Crippen LogP contribution is 2.25. The number of piperidine rings is 1. The molecule has 26 heavy (non-hydrogen) atoms. The van der Waals surface area contributed by atoms with Crippen molar-refractivity contribution in [1.29, 1.82) is 0 Å². The Balaban J connectivity index is 0.00000243. The lowest BCUT2D eigenvalue weighted by Gasteiger charge is -2.38. The second-order valence-corrected chi connectivity index (χ2v) is 6.78. The first kappa shape index (κ1) is 20.1. The minimum atomic E-state index is 0. The number of hydrogen-bond donors (Lipinski definition) is 2. The van der Waals surface area contributed by atoms with Gasteiger partial charge in [-0.1, -0.05) is 13.0 Å². The number of benzene rings is 1. The normalized spacial score (nSPS) is 19.6. The van der Waals surface area contributed by atoms with E-state index in [4.69, 9.17) is 5.73 Å². The summed E-state index contributed by atoms with van der Waals surface area (Å²) < 4.78 is 0. The number of carbonyl (C=O) groups excluding carboxylic acids is 1. The van der Waals surface area contributed by atoms with Crippen LogP contribution in [0.15, 0.2) is 36.4 Å². The third kappa shape index (κ3) is 4.71. The molecule has 140 valence electrons. The Kier molecular flexibility index (Phi) is 6.94. The molecule has 0 spiro atoms. The summed E-state index contributed by atoms with van der Waals surface area (Å²) in [7, 11) is 0. The van der Waals surface area contributed by atoms with Crippen LogP contribution in [-0.4, -0.2) is 40.1 Å². The van der Waals surface area contributed by atoms with Crippen molar-refractivity contribution in [2.45, 2.75) is 32.7 Å². The van der Waals surface area contributed by atoms with Crippen LogP contribution in [0.5, 0.6) is 0 Å². The van der Waals surface area contributed by atoms with Gasteiger partial charge in [0.15, 0.2) is 5.82 Å². The molecule has 1 aromatic heterocycles. The molecule has 0 bridgehead atoms. The van der Waals surface area contributed by atoms with Crippen LogP contribution >= 0.6 is 12.4 Å². The maximum Gasteiger partial charge on any atom is 0.254 e. The second-order valence-electron chi connectivity index (χ2n) is 6.78. The third-order valence-corrected chi connectivity index (χ3v) is 4.69. The first-order valence-electron chi connectivity index (χ1n) is 8.75. The van der Waals surface area contributed by atoms with Crippen LogP contribution in [-0.2, 0) is 0 Å². The smallest absolute Gasteiger partial charge is 0.254 e. The monoisotopic (exact) mass is 375 g/mol. The van der Waals surface area contributed by atoms with Crippen molar-refractivity contribution in [3.63, 3.8) is 0 Å². The van der Waals surface area contributed by atoms with E-state index in [0.29, 0.717) is 23.8 Å². The molecular weight excluding hydrogens is 350 g/mol. The predicted molar refractivity (Wildman–Crippen MR) is 106 cm³/mol. The number of amides is 1. The number of aryl methyl sites for hydroxylation is 1. The van der Waals surface area contributed by atoms with Gasteiger partial charge in [0.25, 0.3) is 5.91 Å². The molecule has 1 aliphatic rings. The van der Waals surface area contributed by atoms with Gasteiger partial charge in [0.05, 0.1) is 5.69 Å². The Hall–Kier alpha value is -2.18. The summed E-state index contributed by atoms with van der Waals surface area (Å²) in [4.78, 5) is 14.9. The maximum absolute atomic E-state index is 12.9. The number of rotatable bonds is 4. The van der Waals surface area contributed by atoms with E-state index in [1.54, 1.807) is 0 Å². The van der Waals surface area contributed by atoms with E-state index in [1.807, 2.05) is 48.2 Å². The predicted octanol–water partition coefficient (Wildman–Crippen LogP) is 3.15. The summed E-state index contributed by atoms with van der Waals surface area (Å²) in [6.45, 7) is 5.39. The highest BCUT2D eigenvalue weighted by molar-refractivity contribution is 5.95. The molecule has 7 heteroatoms. The van der Waals surface area contributed by atoms with Crippen LogP contribution in [0.2, 0.25) is 0 Å². The number of nitrogens with one attached hydrogen (secondary N) is 1. The first-order chi connectivity index (χ1) is 12.1. The molecule has 3 rings (SSSR count). The Morgan fingerprint density at radius 2 is 2.12 bits per heavy atom. The molecule has 1 aliphatic heterocycles. The minimum absolute atomic E-state index is 0. The number of carbonyl (C=O) groups is 1. The summed E-state index contributed by atoms with van der Waals surface area (Å²) in [5.74, 6) is 1.31. The van der Waals surface area contributed by atoms with Gasteiger partial charge in [0, 0.05) is 30.4 Å². The molecule has 1 aromatic carbocycles. The zero-order chi connectivity index (χ0) is 17.8. The first-order valence-corrected chi connectivity index (χ1v) is 8.75. The number of nitrogens with zero attached hydrogens (tertiary/aromatic N) is 3. The van der Waals surface area contributed by atoms with Crippen LogP contribution < -0.4 is 11.1 Å². The van der Waals surface area contributed by atoms with Crippen LogP contribution in [0.25, 0.3) is 0 Å². The molecular formula is C19H26ClN5O. The molecule has 0 radical (unpaired) electrons. The van der Waals surface area contributed by atoms with Crippen molar-refractivity contribution in [2.24, 2.45) is 11.7 Å². The van der Waals surface area contributed by atoms with Crippen molar-refractivity contribution >= 4 is 29.8 Å². The van der Waals surface area contributed by atoms with Gasteiger partial charge in [-0.15, -0.1) is 17.5 Å². The van der Waals surface area contributed by atoms with E-state index >= 15 is 0 Å². The summed E-state index contributed by atoms with van der Waals surface area (Å²) >= 11 is 0. The molecule has 2 heterocycles. The van der Waals surface area contributed by atoms with E-state index in [9.17, 15) is 4.79 Å². The fourth-order valence-electron chi connectivity index (χ4n) is 3.25. The van der Waals surface area contributed by atoms with Gasteiger partial charge in [-0.2, -0.15) is 5.10 Å². The average Bonchev–Trinajstić information content (AvgIpc) is 2.63. The standard InChI is InChI=1S/C19H25N5O.ClH/c1-13-8-9-24(17(10-13)12-20)19(25)15-4-3-5-16(11-15)21-18-7-6-14(2)22-23-18;/h3-7,11,13,17H,8-10,12,20H2,1-2H3,(H,21,23);1H. The van der Waals surface area contributed by atoms with E-state index in [0.717, 1.165) is 30.8 Å². The van der Waals surface area contributed by atoms with Gasteiger partial charge >= 0.3 is 0 Å². The number of halogens is 1. The third-order valence-electron chi connectivity index (χ3n) is 4.69. The van der Waals surface area contributed by atoms with Crippen molar-refractivity contribution in [3.05, 3.63) is 47.7 Å². The van der Waals surface area contributed by atoms with Gasteiger partial charge in [0.1, 0.15) is 0 Å². The molecule has 0 aliphatic carbocycles. The van der Waals surface area contributed by atoms with Crippen LogP contribution in [0, 0.1) is 12.8 Å². The van der Waals surface area contributed by atoms with Crippen molar-refractivity contribution < 1.29 is 4.79 Å². The Morgan fingerprint density at radius 3 is 2.81 bits per heavy atom. The summed E-state index contributed by atoms with van der Waals surface area (Å²) in [5, 5.41) is 11.3. The van der Waals surface area contributed by atoms with Gasteiger partial charge < -0.3 is 16.0 Å². The molecule has 2 atom stereocenters. The van der Waals surface area contributed by atoms with Gasteiger partial charge in [0.2, 0.25) is 0 Å². The van der Waals surface area contributed by atoms with E-state index in [-0.39, 0.29) is 24.4 Å². The van der Waals surface area contributed by atoms with Crippen molar-refractivity contribution in [3.8, 4) is 0 Å². The number of aromatic nitrogens is 2. The summed E-state index contributed by atoms with van der Waals surface area (Å²) in [6.07, 6.45) is 2.00. The lowest BCUT2D eigenvalue weighted by atomic mass is 9.92. The lowest BCUT2D eigenvalue weighted by molar-refractivity contribution is 0.0573. The summed E-state index contributed by atoms with van der Waals surface area (Å²) in [6, 6.07) is 11.4. The molecule has 2 aromatic rings. The zero-order valence-corrected chi connectivity index (χ0v) is 16.0. The topological polar surface area (TPSA) is 84.1 Å². The molecule has 1 amide bonds. The largest absolute Gasteiger partial charge is 0.339 e. The number of anilines is 2. The summed E-state index contributed by atoms with van der Waals surface area (Å²) in [5.41, 5.74) is 8.24. The fourth-order valence-corrected chi connectivity index (χ4v) is 3.25. The number of likely N-dealkylation sites (tertiary alicyclic amines) is 1. The van der Waals surface area contributed by atoms with Gasteiger partial charge in [-0.25, -0.2) is 0 Å². The molecule has 3 N–H and O–H groups in total. The van der Waals surface area contributed by atoms with Gasteiger partial charge in [-0.3, -0.25) is 4.79 Å². The van der Waals surface area contributed by atoms with Crippen molar-refractivity contribution in [1.82, 2.24) is 15.1 Å². The van der Waals surface area contributed by atoms with E-state index in [1.165, 1.54) is 0 Å². The molecule has 1 fully saturated rings. The molecule has 1 saturated heterocycles. The Bertz CT molecular complexity index is 737. The fraction of sp³-hybridized carbons (Fsp3) is 0.421.